The van der Waals surface area contributed by atoms with Gasteiger partial charge in [0.05, 0.1) is 0 Å². The Labute approximate surface area is 172 Å². The lowest BCUT2D eigenvalue weighted by molar-refractivity contribution is 0.102. The van der Waals surface area contributed by atoms with Gasteiger partial charge in [-0.3, -0.25) is 9.36 Å². The number of halogens is 1. The lowest BCUT2D eigenvalue weighted by Crippen LogP contribution is -2.11. The summed E-state index contributed by atoms with van der Waals surface area (Å²) in [5.41, 5.74) is 1.17. The molecule has 0 atom stereocenters. The SMILES string of the molecule is Cc1nc(Oc2ccc(NC(=O)c3ccc(Cl)cc3)cc2)cc(-n2ccnc2)n1. The molecule has 0 saturated carbocycles. The number of nitrogens with zero attached hydrogens (tertiary/aromatic N) is 4. The van der Waals surface area contributed by atoms with Crippen molar-refractivity contribution in [3.8, 4) is 17.4 Å². The second-order valence-electron chi connectivity index (χ2n) is 6.17. The first-order valence-electron chi connectivity index (χ1n) is 8.76. The maximum atomic E-state index is 12.3. The molecule has 0 bridgehead atoms. The molecule has 0 aliphatic carbocycles. The van der Waals surface area contributed by atoms with Gasteiger partial charge >= 0.3 is 0 Å². The van der Waals surface area contributed by atoms with Crippen molar-refractivity contribution >= 4 is 23.2 Å². The van der Waals surface area contributed by atoms with E-state index in [1.807, 2.05) is 0 Å². The molecular formula is C21H16ClN5O2. The van der Waals surface area contributed by atoms with E-state index in [0.29, 0.717) is 39.5 Å². The van der Waals surface area contributed by atoms with Crippen LogP contribution < -0.4 is 10.1 Å². The maximum Gasteiger partial charge on any atom is 0.255 e. The Morgan fingerprint density at radius 2 is 1.83 bits per heavy atom. The number of imidazole rings is 1. The van der Waals surface area contributed by atoms with E-state index in [9.17, 15) is 4.79 Å². The lowest BCUT2D eigenvalue weighted by atomic mass is 10.2. The van der Waals surface area contributed by atoms with Crippen molar-refractivity contribution in [1.82, 2.24) is 19.5 Å². The van der Waals surface area contributed by atoms with Gasteiger partial charge in [-0.1, -0.05) is 11.6 Å². The fraction of sp³-hybridized carbons (Fsp3) is 0.0476. The molecule has 4 rings (SSSR count). The van der Waals surface area contributed by atoms with Crippen LogP contribution in [0.5, 0.6) is 11.6 Å². The molecule has 0 aliphatic rings. The Hall–Kier alpha value is -3.71. The highest BCUT2D eigenvalue weighted by molar-refractivity contribution is 6.30. The van der Waals surface area contributed by atoms with Gasteiger partial charge in [-0.2, -0.15) is 4.98 Å². The summed E-state index contributed by atoms with van der Waals surface area (Å²) in [6, 6.07) is 15.4. The van der Waals surface area contributed by atoms with E-state index in [0.717, 1.165) is 0 Å². The van der Waals surface area contributed by atoms with E-state index in [1.54, 1.807) is 84.8 Å². The average Bonchev–Trinajstić information content (AvgIpc) is 3.24. The van der Waals surface area contributed by atoms with E-state index >= 15 is 0 Å². The van der Waals surface area contributed by atoms with E-state index < -0.39 is 0 Å². The van der Waals surface area contributed by atoms with Gasteiger partial charge in [0.25, 0.3) is 5.91 Å². The summed E-state index contributed by atoms with van der Waals surface area (Å²) in [7, 11) is 0. The van der Waals surface area contributed by atoms with Gasteiger partial charge in [0, 0.05) is 34.7 Å². The van der Waals surface area contributed by atoms with Crippen LogP contribution in [0.15, 0.2) is 73.3 Å². The van der Waals surface area contributed by atoms with Crippen LogP contribution in [-0.2, 0) is 0 Å². The first-order chi connectivity index (χ1) is 14.1. The summed E-state index contributed by atoms with van der Waals surface area (Å²) in [6.07, 6.45) is 5.13. The molecule has 8 heteroatoms. The van der Waals surface area contributed by atoms with Gasteiger partial charge in [-0.05, 0) is 55.5 Å². The molecule has 0 fully saturated rings. The predicted molar refractivity (Wildman–Crippen MR) is 110 cm³/mol. The van der Waals surface area contributed by atoms with Crippen molar-refractivity contribution in [2.24, 2.45) is 0 Å². The second kappa shape index (κ2) is 8.12. The number of carbonyl (C=O) groups excluding carboxylic acids is 1. The topological polar surface area (TPSA) is 81.9 Å². The Morgan fingerprint density at radius 3 is 2.52 bits per heavy atom. The van der Waals surface area contributed by atoms with E-state index in [1.165, 1.54) is 0 Å². The highest BCUT2D eigenvalue weighted by atomic mass is 35.5. The van der Waals surface area contributed by atoms with Crippen LogP contribution >= 0.6 is 11.6 Å². The number of nitrogens with one attached hydrogen (secondary N) is 1. The zero-order valence-electron chi connectivity index (χ0n) is 15.4. The molecule has 0 saturated heterocycles. The molecule has 0 spiro atoms. The fourth-order valence-electron chi connectivity index (χ4n) is 2.64. The van der Waals surface area contributed by atoms with Gasteiger partial charge in [-0.15, -0.1) is 0 Å². The average molecular weight is 406 g/mol. The Morgan fingerprint density at radius 1 is 1.07 bits per heavy atom. The summed E-state index contributed by atoms with van der Waals surface area (Å²) in [6.45, 7) is 1.79. The number of aromatic nitrogens is 4. The summed E-state index contributed by atoms with van der Waals surface area (Å²) < 4.78 is 7.62. The zero-order valence-corrected chi connectivity index (χ0v) is 16.2. The van der Waals surface area contributed by atoms with Crippen LogP contribution in [-0.4, -0.2) is 25.4 Å². The molecular weight excluding hydrogens is 390 g/mol. The van der Waals surface area contributed by atoms with Crippen molar-refractivity contribution in [2.75, 3.05) is 5.32 Å². The minimum absolute atomic E-state index is 0.216. The number of ether oxygens (including phenoxy) is 1. The van der Waals surface area contributed by atoms with E-state index in [4.69, 9.17) is 16.3 Å². The van der Waals surface area contributed by atoms with E-state index in [-0.39, 0.29) is 5.91 Å². The van der Waals surface area contributed by atoms with Gasteiger partial charge in [0.15, 0.2) is 0 Å². The lowest BCUT2D eigenvalue weighted by Gasteiger charge is -2.09. The predicted octanol–water partition coefficient (Wildman–Crippen LogP) is 4.67. The molecule has 0 unspecified atom stereocenters. The van der Waals surface area contributed by atoms with E-state index in [2.05, 4.69) is 20.3 Å². The molecule has 0 radical (unpaired) electrons. The number of rotatable bonds is 5. The summed E-state index contributed by atoms with van der Waals surface area (Å²) in [4.78, 5) is 25.0. The van der Waals surface area contributed by atoms with Crippen molar-refractivity contribution in [2.45, 2.75) is 6.92 Å². The first kappa shape index (κ1) is 18.6. The Kier molecular flexibility index (Phi) is 5.22. The van der Waals surface area contributed by atoms with Gasteiger partial charge in [-0.25, -0.2) is 9.97 Å². The number of hydrogen-bond acceptors (Lipinski definition) is 5. The first-order valence-corrected chi connectivity index (χ1v) is 9.13. The molecule has 144 valence electrons. The number of hydrogen-bond donors (Lipinski definition) is 1. The number of carbonyl (C=O) groups is 1. The molecule has 2 aromatic heterocycles. The van der Waals surface area contributed by atoms with Crippen LogP contribution in [0, 0.1) is 6.92 Å². The van der Waals surface area contributed by atoms with Crippen LogP contribution in [0.2, 0.25) is 5.02 Å². The number of anilines is 1. The number of benzene rings is 2. The molecule has 29 heavy (non-hydrogen) atoms. The third-order valence-corrected chi connectivity index (χ3v) is 4.26. The molecule has 1 amide bonds. The third kappa shape index (κ3) is 4.59. The summed E-state index contributed by atoms with van der Waals surface area (Å²) >= 11 is 5.85. The van der Waals surface area contributed by atoms with Crippen LogP contribution in [0.25, 0.3) is 5.82 Å². The van der Waals surface area contributed by atoms with Crippen molar-refractivity contribution in [3.05, 3.63) is 89.7 Å². The quantitative estimate of drug-likeness (QED) is 0.521. The Bertz CT molecular complexity index is 1130. The number of aryl methyl sites for hydroxylation is 1. The molecule has 0 aliphatic heterocycles. The highest BCUT2D eigenvalue weighted by Crippen LogP contribution is 2.23. The van der Waals surface area contributed by atoms with Crippen molar-refractivity contribution in [1.29, 1.82) is 0 Å². The summed E-state index contributed by atoms with van der Waals surface area (Å²) in [5, 5.41) is 3.41. The Balaban J connectivity index is 1.46. The molecule has 2 aromatic carbocycles. The minimum Gasteiger partial charge on any atom is -0.439 e. The standard InChI is InChI=1S/C21H16ClN5O2/c1-14-24-19(27-11-10-23-13-27)12-20(25-14)29-18-8-6-17(7-9-18)26-21(28)15-2-4-16(22)5-3-15/h2-13H,1H3,(H,26,28). The van der Waals surface area contributed by atoms with Crippen LogP contribution in [0.3, 0.4) is 0 Å². The maximum absolute atomic E-state index is 12.3. The van der Waals surface area contributed by atoms with Crippen molar-refractivity contribution < 1.29 is 9.53 Å². The second-order valence-corrected chi connectivity index (χ2v) is 6.61. The molecule has 7 nitrogen and oxygen atoms in total. The van der Waals surface area contributed by atoms with Gasteiger partial charge in [0.1, 0.15) is 23.7 Å². The number of amides is 1. The normalized spacial score (nSPS) is 10.6. The van der Waals surface area contributed by atoms with Crippen LogP contribution in [0.1, 0.15) is 16.2 Å². The largest absolute Gasteiger partial charge is 0.439 e. The van der Waals surface area contributed by atoms with Gasteiger partial charge < -0.3 is 10.1 Å². The molecule has 4 aromatic rings. The van der Waals surface area contributed by atoms with Crippen LogP contribution in [0.4, 0.5) is 5.69 Å². The summed E-state index contributed by atoms with van der Waals surface area (Å²) in [5.74, 6) is 2.03. The monoisotopic (exact) mass is 405 g/mol. The molecule has 2 heterocycles. The molecule has 1 N–H and O–H groups in total. The smallest absolute Gasteiger partial charge is 0.255 e. The van der Waals surface area contributed by atoms with Gasteiger partial charge in [0.2, 0.25) is 5.88 Å². The third-order valence-electron chi connectivity index (χ3n) is 4.01. The highest BCUT2D eigenvalue weighted by Gasteiger charge is 2.08. The fourth-order valence-corrected chi connectivity index (χ4v) is 2.76. The zero-order chi connectivity index (χ0) is 20.2. The minimum atomic E-state index is -0.216. The van der Waals surface area contributed by atoms with Crippen molar-refractivity contribution in [3.63, 3.8) is 0 Å².